The van der Waals surface area contributed by atoms with Gasteiger partial charge in [0.05, 0.1) is 6.04 Å². The number of rotatable bonds is 7. The summed E-state index contributed by atoms with van der Waals surface area (Å²) in [6.07, 6.45) is 1.09. The molecule has 1 unspecified atom stereocenters. The van der Waals surface area contributed by atoms with E-state index in [1.807, 2.05) is 19.1 Å². The average molecular weight is 380 g/mol. The zero-order valence-electron chi connectivity index (χ0n) is 17.4. The predicted molar refractivity (Wildman–Crippen MR) is 117 cm³/mol. The Hall–Kier alpha value is -2.17. The third-order valence-electron chi connectivity index (χ3n) is 5.74. The van der Waals surface area contributed by atoms with E-state index in [9.17, 15) is 4.79 Å². The average Bonchev–Trinajstić information content (AvgIpc) is 2.73. The molecular formula is C24H33N3O. The van der Waals surface area contributed by atoms with Gasteiger partial charge >= 0.3 is 0 Å². The molecule has 1 aliphatic rings. The second-order valence-electron chi connectivity index (χ2n) is 8.06. The summed E-state index contributed by atoms with van der Waals surface area (Å²) in [4.78, 5) is 17.4. The van der Waals surface area contributed by atoms with E-state index < -0.39 is 0 Å². The fourth-order valence-electron chi connectivity index (χ4n) is 3.67. The highest BCUT2D eigenvalue weighted by Crippen LogP contribution is 2.18. The summed E-state index contributed by atoms with van der Waals surface area (Å²) in [5, 5.41) is 3.07. The Morgan fingerprint density at radius 2 is 1.57 bits per heavy atom. The van der Waals surface area contributed by atoms with Crippen LogP contribution in [-0.4, -0.2) is 54.5 Å². The zero-order chi connectivity index (χ0) is 19.9. The van der Waals surface area contributed by atoms with Crippen LogP contribution in [0.1, 0.15) is 37.8 Å². The smallest absolute Gasteiger partial charge is 0.241 e. The summed E-state index contributed by atoms with van der Waals surface area (Å²) in [7, 11) is 0. The number of benzene rings is 2. The molecule has 1 heterocycles. The number of carbonyl (C=O) groups excluding carboxylic acids is 1. The predicted octanol–water partition coefficient (Wildman–Crippen LogP) is 4.00. The topological polar surface area (TPSA) is 35.6 Å². The molecule has 2 aromatic rings. The Balaban J connectivity index is 1.43. The quantitative estimate of drug-likeness (QED) is 0.790. The highest BCUT2D eigenvalue weighted by molar-refractivity contribution is 5.94. The molecule has 0 spiro atoms. The molecule has 0 saturated carbocycles. The van der Waals surface area contributed by atoms with E-state index in [1.165, 1.54) is 11.1 Å². The lowest BCUT2D eigenvalue weighted by Crippen LogP contribution is -2.53. The summed E-state index contributed by atoms with van der Waals surface area (Å²) in [5.74, 6) is 0.580. The molecule has 1 atom stereocenters. The summed E-state index contributed by atoms with van der Waals surface area (Å²) >= 11 is 0. The number of hydrogen-bond donors (Lipinski definition) is 1. The van der Waals surface area contributed by atoms with E-state index >= 15 is 0 Å². The number of anilines is 1. The van der Waals surface area contributed by atoms with Crippen molar-refractivity contribution >= 4 is 11.6 Å². The second-order valence-corrected chi connectivity index (χ2v) is 8.06. The number of amides is 1. The van der Waals surface area contributed by atoms with E-state index in [0.717, 1.165) is 44.8 Å². The maximum absolute atomic E-state index is 12.7. The van der Waals surface area contributed by atoms with Gasteiger partial charge in [0.25, 0.3) is 0 Å². The van der Waals surface area contributed by atoms with Crippen molar-refractivity contribution < 1.29 is 4.79 Å². The lowest BCUT2D eigenvalue weighted by molar-refractivity contribution is -0.121. The largest absolute Gasteiger partial charge is 0.325 e. The number of piperazine rings is 1. The van der Waals surface area contributed by atoms with Crippen molar-refractivity contribution in [3.63, 3.8) is 0 Å². The molecule has 0 radical (unpaired) electrons. The van der Waals surface area contributed by atoms with E-state index in [4.69, 9.17) is 0 Å². The third-order valence-corrected chi connectivity index (χ3v) is 5.74. The highest BCUT2D eigenvalue weighted by atomic mass is 16.2. The first-order valence-corrected chi connectivity index (χ1v) is 10.4. The summed E-state index contributed by atoms with van der Waals surface area (Å²) in [6.45, 7) is 11.4. The minimum Gasteiger partial charge on any atom is -0.325 e. The van der Waals surface area contributed by atoms with Gasteiger partial charge in [-0.1, -0.05) is 56.3 Å². The summed E-state index contributed by atoms with van der Waals surface area (Å²) in [6, 6.07) is 18.7. The standard InChI is InChI=1S/C24H33N3O/c1-19(2)22-9-11-23(12-10-22)25-24(28)20(3)27-17-15-26(16-18-27)14-13-21-7-5-4-6-8-21/h4-12,19-20H,13-18H2,1-3H3,(H,25,28). The van der Waals surface area contributed by atoms with Gasteiger partial charge < -0.3 is 10.2 Å². The molecule has 4 nitrogen and oxygen atoms in total. The molecule has 1 aliphatic heterocycles. The van der Waals surface area contributed by atoms with Gasteiger partial charge in [-0.05, 0) is 42.5 Å². The van der Waals surface area contributed by atoms with Crippen molar-refractivity contribution in [2.24, 2.45) is 0 Å². The van der Waals surface area contributed by atoms with Crippen molar-refractivity contribution in [3.05, 3.63) is 65.7 Å². The number of nitrogens with zero attached hydrogens (tertiary/aromatic N) is 2. The number of carbonyl (C=O) groups is 1. The fraction of sp³-hybridized carbons (Fsp3) is 0.458. The first kappa shape index (κ1) is 20.6. The third kappa shape index (κ3) is 5.66. The van der Waals surface area contributed by atoms with E-state index in [1.54, 1.807) is 0 Å². The number of hydrogen-bond acceptors (Lipinski definition) is 3. The molecule has 28 heavy (non-hydrogen) atoms. The van der Waals surface area contributed by atoms with Crippen LogP contribution in [0.5, 0.6) is 0 Å². The first-order chi connectivity index (χ1) is 13.5. The highest BCUT2D eigenvalue weighted by Gasteiger charge is 2.25. The zero-order valence-corrected chi connectivity index (χ0v) is 17.4. The van der Waals surface area contributed by atoms with Gasteiger partial charge in [-0.15, -0.1) is 0 Å². The molecule has 0 aliphatic carbocycles. The number of nitrogens with one attached hydrogen (secondary N) is 1. The molecule has 0 bridgehead atoms. The van der Waals surface area contributed by atoms with Crippen molar-refractivity contribution in [3.8, 4) is 0 Å². The van der Waals surface area contributed by atoms with Crippen LogP contribution in [0.2, 0.25) is 0 Å². The Morgan fingerprint density at radius 3 is 2.18 bits per heavy atom. The van der Waals surface area contributed by atoms with Crippen molar-refractivity contribution in [2.75, 3.05) is 38.0 Å². The van der Waals surface area contributed by atoms with Crippen LogP contribution in [-0.2, 0) is 11.2 Å². The summed E-state index contributed by atoms with van der Waals surface area (Å²) < 4.78 is 0. The Labute approximate surface area is 169 Å². The lowest BCUT2D eigenvalue weighted by Gasteiger charge is -2.37. The first-order valence-electron chi connectivity index (χ1n) is 10.4. The maximum atomic E-state index is 12.7. The molecule has 1 amide bonds. The van der Waals surface area contributed by atoms with E-state index in [0.29, 0.717) is 5.92 Å². The van der Waals surface area contributed by atoms with Crippen LogP contribution in [0.3, 0.4) is 0 Å². The van der Waals surface area contributed by atoms with Gasteiger partial charge in [-0.3, -0.25) is 9.69 Å². The minimum absolute atomic E-state index is 0.0787. The van der Waals surface area contributed by atoms with Crippen LogP contribution in [0.15, 0.2) is 54.6 Å². The molecule has 4 heteroatoms. The molecule has 1 saturated heterocycles. The van der Waals surface area contributed by atoms with Gasteiger partial charge in [-0.25, -0.2) is 0 Å². The fourth-order valence-corrected chi connectivity index (χ4v) is 3.67. The maximum Gasteiger partial charge on any atom is 0.241 e. The lowest BCUT2D eigenvalue weighted by atomic mass is 10.0. The van der Waals surface area contributed by atoms with Crippen molar-refractivity contribution in [1.29, 1.82) is 0 Å². The van der Waals surface area contributed by atoms with Crippen LogP contribution in [0, 0.1) is 0 Å². The second kappa shape index (κ2) is 9.85. The molecule has 1 fully saturated rings. The van der Waals surface area contributed by atoms with Crippen LogP contribution in [0.25, 0.3) is 0 Å². The molecule has 0 aromatic heterocycles. The Morgan fingerprint density at radius 1 is 0.929 bits per heavy atom. The van der Waals surface area contributed by atoms with Crippen molar-refractivity contribution in [2.45, 2.75) is 39.2 Å². The van der Waals surface area contributed by atoms with Crippen LogP contribution < -0.4 is 5.32 Å². The normalized spacial score (nSPS) is 16.9. The van der Waals surface area contributed by atoms with Crippen molar-refractivity contribution in [1.82, 2.24) is 9.80 Å². The Kier molecular flexibility index (Phi) is 7.24. The van der Waals surface area contributed by atoms with E-state index in [2.05, 4.69) is 71.4 Å². The monoisotopic (exact) mass is 379 g/mol. The van der Waals surface area contributed by atoms with Gasteiger partial charge in [0.1, 0.15) is 0 Å². The SMILES string of the molecule is CC(C)c1ccc(NC(=O)C(C)N2CCN(CCc3ccccc3)CC2)cc1. The molecular weight excluding hydrogens is 346 g/mol. The van der Waals surface area contributed by atoms with Gasteiger partial charge in [-0.2, -0.15) is 0 Å². The minimum atomic E-state index is -0.110. The molecule has 150 valence electrons. The van der Waals surface area contributed by atoms with Crippen LogP contribution in [0.4, 0.5) is 5.69 Å². The molecule has 3 rings (SSSR count). The molecule has 1 N–H and O–H groups in total. The van der Waals surface area contributed by atoms with Gasteiger partial charge in [0.2, 0.25) is 5.91 Å². The van der Waals surface area contributed by atoms with Crippen LogP contribution >= 0.6 is 0 Å². The Bertz CT molecular complexity index is 734. The van der Waals surface area contributed by atoms with Gasteiger partial charge in [0.15, 0.2) is 0 Å². The van der Waals surface area contributed by atoms with Gasteiger partial charge in [0, 0.05) is 38.4 Å². The van der Waals surface area contributed by atoms with E-state index in [-0.39, 0.29) is 11.9 Å². The molecule has 2 aromatic carbocycles. The summed E-state index contributed by atoms with van der Waals surface area (Å²) in [5.41, 5.74) is 3.56.